The quantitative estimate of drug-likeness (QED) is 0.576. The van der Waals surface area contributed by atoms with Crippen LogP contribution in [0.3, 0.4) is 0 Å². The van der Waals surface area contributed by atoms with E-state index < -0.39 is 5.60 Å². The number of aliphatic hydroxyl groups is 1. The van der Waals surface area contributed by atoms with Crippen molar-refractivity contribution in [3.8, 4) is 0 Å². The van der Waals surface area contributed by atoms with Crippen molar-refractivity contribution in [3.05, 3.63) is 0 Å². The zero-order chi connectivity index (χ0) is 12.4. The van der Waals surface area contributed by atoms with Crippen LogP contribution >= 0.6 is 0 Å². The number of ketones is 1. The minimum Gasteiger partial charge on any atom is -0.382 e. The van der Waals surface area contributed by atoms with Crippen LogP contribution in [0.4, 0.5) is 0 Å². The van der Waals surface area contributed by atoms with E-state index in [0.29, 0.717) is 12.8 Å². The third-order valence-corrected chi connectivity index (χ3v) is 3.30. The van der Waals surface area contributed by atoms with Gasteiger partial charge in [0, 0.05) is 6.42 Å². The van der Waals surface area contributed by atoms with Crippen molar-refractivity contribution in [2.45, 2.75) is 84.2 Å². The van der Waals surface area contributed by atoms with Gasteiger partial charge in [0.15, 0.2) is 5.78 Å². The highest BCUT2D eigenvalue weighted by molar-refractivity contribution is 5.86. The molecule has 0 aromatic carbocycles. The van der Waals surface area contributed by atoms with Gasteiger partial charge in [-0.05, 0) is 19.8 Å². The van der Waals surface area contributed by atoms with E-state index in [1.165, 1.54) is 32.1 Å². The zero-order valence-corrected chi connectivity index (χ0v) is 11.2. The molecule has 0 aromatic heterocycles. The van der Waals surface area contributed by atoms with Crippen molar-refractivity contribution in [3.63, 3.8) is 0 Å². The van der Waals surface area contributed by atoms with E-state index in [-0.39, 0.29) is 5.78 Å². The van der Waals surface area contributed by atoms with Gasteiger partial charge in [0.2, 0.25) is 0 Å². The van der Waals surface area contributed by atoms with Gasteiger partial charge in [0.1, 0.15) is 5.60 Å². The van der Waals surface area contributed by atoms with Crippen LogP contribution in [0.15, 0.2) is 0 Å². The van der Waals surface area contributed by atoms with Gasteiger partial charge in [-0.25, -0.2) is 0 Å². The summed E-state index contributed by atoms with van der Waals surface area (Å²) in [5.41, 5.74) is -1.10. The summed E-state index contributed by atoms with van der Waals surface area (Å²) in [4.78, 5) is 11.6. The molecule has 0 aliphatic carbocycles. The third kappa shape index (κ3) is 7.00. The fourth-order valence-corrected chi connectivity index (χ4v) is 1.71. The molecule has 0 saturated carbocycles. The van der Waals surface area contributed by atoms with Gasteiger partial charge >= 0.3 is 0 Å². The Morgan fingerprint density at radius 2 is 1.50 bits per heavy atom. The first-order chi connectivity index (χ1) is 7.54. The molecule has 1 atom stereocenters. The molecule has 0 aliphatic heterocycles. The molecule has 0 amide bonds. The van der Waals surface area contributed by atoms with E-state index in [2.05, 4.69) is 6.92 Å². The van der Waals surface area contributed by atoms with Crippen LogP contribution in [-0.2, 0) is 4.79 Å². The molecule has 0 heterocycles. The molecule has 16 heavy (non-hydrogen) atoms. The molecule has 2 heteroatoms. The number of hydrogen-bond acceptors (Lipinski definition) is 2. The predicted octanol–water partition coefficient (Wildman–Crippen LogP) is 3.86. The summed E-state index contributed by atoms with van der Waals surface area (Å²) in [6, 6.07) is 0. The number of hydrogen-bond donors (Lipinski definition) is 1. The molecule has 0 aromatic rings. The second-order valence-corrected chi connectivity index (χ2v) is 4.92. The first-order valence-electron chi connectivity index (χ1n) is 6.80. The van der Waals surface area contributed by atoms with Crippen molar-refractivity contribution >= 4 is 5.78 Å². The van der Waals surface area contributed by atoms with Crippen LogP contribution in [0.25, 0.3) is 0 Å². The minimum absolute atomic E-state index is 0.00329. The highest BCUT2D eigenvalue weighted by Crippen LogP contribution is 2.15. The normalized spacial score (nSPS) is 14.8. The summed E-state index contributed by atoms with van der Waals surface area (Å²) in [6.07, 6.45) is 9.53. The molecule has 0 rings (SSSR count). The maximum absolute atomic E-state index is 11.6. The molecule has 96 valence electrons. The lowest BCUT2D eigenvalue weighted by Crippen LogP contribution is -2.33. The third-order valence-electron chi connectivity index (χ3n) is 3.30. The maximum atomic E-state index is 11.6. The van der Waals surface area contributed by atoms with Crippen molar-refractivity contribution in [1.29, 1.82) is 0 Å². The Hall–Kier alpha value is -0.370. The van der Waals surface area contributed by atoms with E-state index in [1.807, 2.05) is 6.92 Å². The van der Waals surface area contributed by atoms with E-state index in [4.69, 9.17) is 0 Å². The Balaban J connectivity index is 3.42. The first kappa shape index (κ1) is 15.6. The summed E-state index contributed by atoms with van der Waals surface area (Å²) < 4.78 is 0. The van der Waals surface area contributed by atoms with Crippen molar-refractivity contribution in [2.24, 2.45) is 0 Å². The summed E-state index contributed by atoms with van der Waals surface area (Å²) in [5, 5.41) is 9.71. The molecule has 0 spiro atoms. The Kier molecular flexibility index (Phi) is 8.54. The monoisotopic (exact) mass is 228 g/mol. The fourth-order valence-electron chi connectivity index (χ4n) is 1.71. The van der Waals surface area contributed by atoms with Gasteiger partial charge in [-0.15, -0.1) is 0 Å². The van der Waals surface area contributed by atoms with Crippen molar-refractivity contribution in [2.75, 3.05) is 0 Å². The Labute approximate surface area is 100 Å². The average molecular weight is 228 g/mol. The van der Waals surface area contributed by atoms with E-state index in [9.17, 15) is 9.90 Å². The van der Waals surface area contributed by atoms with Crippen LogP contribution in [0.2, 0.25) is 0 Å². The lowest BCUT2D eigenvalue weighted by Gasteiger charge is -2.19. The van der Waals surface area contributed by atoms with Crippen LogP contribution < -0.4 is 0 Å². The van der Waals surface area contributed by atoms with Gasteiger partial charge in [-0.1, -0.05) is 52.4 Å². The average Bonchev–Trinajstić information content (AvgIpc) is 2.27. The number of unbranched alkanes of at least 4 members (excludes halogenated alkanes) is 6. The zero-order valence-electron chi connectivity index (χ0n) is 11.2. The van der Waals surface area contributed by atoms with Gasteiger partial charge in [-0.3, -0.25) is 4.79 Å². The summed E-state index contributed by atoms with van der Waals surface area (Å²) >= 11 is 0. The Bertz CT molecular complexity index is 185. The molecule has 1 N–H and O–H groups in total. The second kappa shape index (κ2) is 8.74. The van der Waals surface area contributed by atoms with Crippen LogP contribution in [-0.4, -0.2) is 16.5 Å². The topological polar surface area (TPSA) is 37.3 Å². The summed E-state index contributed by atoms with van der Waals surface area (Å²) in [5.74, 6) is 0.00329. The number of Topliss-reactive ketones (excluding diaryl/α,β-unsaturated/α-hetero) is 1. The molecule has 0 saturated heterocycles. The lowest BCUT2D eigenvalue weighted by molar-refractivity contribution is -0.136. The summed E-state index contributed by atoms with van der Waals surface area (Å²) in [6.45, 7) is 5.69. The number of carbonyl (C=O) groups is 1. The molecule has 0 radical (unpaired) electrons. The highest BCUT2D eigenvalue weighted by atomic mass is 16.3. The number of carbonyl (C=O) groups excluding carboxylic acids is 1. The van der Waals surface area contributed by atoms with Gasteiger partial charge < -0.3 is 5.11 Å². The van der Waals surface area contributed by atoms with Crippen molar-refractivity contribution < 1.29 is 9.90 Å². The minimum atomic E-state index is -1.10. The molecule has 0 fully saturated rings. The maximum Gasteiger partial charge on any atom is 0.164 e. The molecular formula is C14H28O2. The highest BCUT2D eigenvalue weighted by Gasteiger charge is 2.26. The van der Waals surface area contributed by atoms with Crippen molar-refractivity contribution in [1.82, 2.24) is 0 Å². The van der Waals surface area contributed by atoms with E-state index in [0.717, 1.165) is 12.8 Å². The smallest absolute Gasteiger partial charge is 0.164 e. The largest absolute Gasteiger partial charge is 0.382 e. The summed E-state index contributed by atoms with van der Waals surface area (Å²) in [7, 11) is 0. The van der Waals surface area contributed by atoms with Gasteiger partial charge in [-0.2, -0.15) is 0 Å². The van der Waals surface area contributed by atoms with Crippen LogP contribution in [0.1, 0.15) is 78.6 Å². The van der Waals surface area contributed by atoms with Crippen LogP contribution in [0, 0.1) is 0 Å². The molecular weight excluding hydrogens is 200 g/mol. The first-order valence-corrected chi connectivity index (χ1v) is 6.80. The van der Waals surface area contributed by atoms with Gasteiger partial charge in [0.25, 0.3) is 0 Å². The molecule has 1 unspecified atom stereocenters. The fraction of sp³-hybridized carbons (Fsp3) is 0.929. The molecule has 0 aliphatic rings. The molecule has 0 bridgehead atoms. The van der Waals surface area contributed by atoms with Gasteiger partial charge in [0.05, 0.1) is 0 Å². The van der Waals surface area contributed by atoms with E-state index in [1.54, 1.807) is 6.92 Å². The second-order valence-electron chi connectivity index (χ2n) is 4.92. The SMILES string of the molecule is CCCCCCCCCC(=O)C(C)(O)CC. The van der Waals surface area contributed by atoms with E-state index >= 15 is 0 Å². The number of rotatable bonds is 10. The Morgan fingerprint density at radius 3 is 2.00 bits per heavy atom. The predicted molar refractivity (Wildman–Crippen MR) is 68.5 cm³/mol. The molecule has 2 nitrogen and oxygen atoms in total. The lowest BCUT2D eigenvalue weighted by atomic mass is 9.93. The van der Waals surface area contributed by atoms with Crippen LogP contribution in [0.5, 0.6) is 0 Å². The Morgan fingerprint density at radius 1 is 1.00 bits per heavy atom. The standard InChI is InChI=1S/C14H28O2/c1-4-6-7-8-9-10-11-12-13(15)14(3,16)5-2/h16H,4-12H2,1-3H3.